The average molecular weight is 333 g/mol. The van der Waals surface area contributed by atoms with Crippen molar-refractivity contribution < 1.29 is 4.52 Å². The minimum atomic E-state index is 0.589. The maximum atomic E-state index is 5.20. The molecule has 4 heterocycles. The zero-order valence-electron chi connectivity index (χ0n) is 12.1. The van der Waals surface area contributed by atoms with E-state index in [9.17, 15) is 0 Å². The molecule has 0 atom stereocenters. The van der Waals surface area contributed by atoms with Crippen LogP contribution in [0.5, 0.6) is 0 Å². The molecule has 0 aromatic carbocycles. The van der Waals surface area contributed by atoms with Crippen LogP contribution in [0.25, 0.3) is 14.8 Å². The summed E-state index contributed by atoms with van der Waals surface area (Å²) >= 11 is 2.82. The van der Waals surface area contributed by atoms with E-state index < -0.39 is 0 Å². The molecule has 4 aromatic rings. The van der Waals surface area contributed by atoms with Crippen LogP contribution in [0, 0.1) is 20.8 Å². The summed E-state index contributed by atoms with van der Waals surface area (Å²) in [6.07, 6.45) is 0.589. The molecule has 112 valence electrons. The zero-order valence-corrected chi connectivity index (χ0v) is 13.7. The summed E-state index contributed by atoms with van der Waals surface area (Å²) in [4.78, 5) is 1.73. The van der Waals surface area contributed by atoms with Gasteiger partial charge in [-0.3, -0.25) is 0 Å². The van der Waals surface area contributed by atoms with Crippen LogP contribution in [0.4, 0.5) is 0 Å². The van der Waals surface area contributed by atoms with Gasteiger partial charge < -0.3 is 4.52 Å². The number of fused-ring (bicyclic) bond motifs is 1. The van der Waals surface area contributed by atoms with Gasteiger partial charge in [0.1, 0.15) is 10.6 Å². The highest BCUT2D eigenvalue weighted by molar-refractivity contribution is 7.23. The first-order valence-corrected chi connectivity index (χ1v) is 8.14. The van der Waals surface area contributed by atoms with Crippen molar-refractivity contribution >= 4 is 27.8 Å². The first-order chi connectivity index (χ1) is 10.6. The van der Waals surface area contributed by atoms with E-state index in [1.165, 1.54) is 22.9 Å². The van der Waals surface area contributed by atoms with Crippen LogP contribution in [0.3, 0.4) is 0 Å². The molecule has 0 N–H and O–H groups in total. The van der Waals surface area contributed by atoms with Crippen molar-refractivity contribution in [1.82, 2.24) is 34.6 Å². The third-order valence-corrected chi connectivity index (χ3v) is 5.30. The summed E-state index contributed by atoms with van der Waals surface area (Å²) in [5, 5.41) is 21.9. The van der Waals surface area contributed by atoms with Gasteiger partial charge in [0.2, 0.25) is 4.96 Å². The second-order valence-corrected chi connectivity index (χ2v) is 6.59. The monoisotopic (exact) mass is 333 g/mol. The third-order valence-electron chi connectivity index (χ3n) is 3.42. The Morgan fingerprint density at radius 1 is 1.09 bits per heavy atom. The number of hydrogen-bond acceptors (Lipinski definition) is 9. The van der Waals surface area contributed by atoms with Crippen LogP contribution >= 0.6 is 22.9 Å². The molecule has 0 amide bonds. The van der Waals surface area contributed by atoms with Gasteiger partial charge in [-0.2, -0.15) is 9.61 Å². The molecule has 0 fully saturated rings. The number of aromatic nitrogens is 7. The molecule has 0 radical (unpaired) electrons. The van der Waals surface area contributed by atoms with E-state index in [4.69, 9.17) is 4.52 Å². The summed E-state index contributed by atoms with van der Waals surface area (Å²) in [5.74, 6) is 1.56. The minimum absolute atomic E-state index is 0.589. The normalized spacial score (nSPS) is 11.6. The van der Waals surface area contributed by atoms with Crippen LogP contribution in [-0.4, -0.2) is 34.6 Å². The predicted molar refractivity (Wildman–Crippen MR) is 81.1 cm³/mol. The van der Waals surface area contributed by atoms with Gasteiger partial charge in [0, 0.05) is 12.0 Å². The first kappa shape index (κ1) is 13.5. The van der Waals surface area contributed by atoms with Gasteiger partial charge in [-0.25, -0.2) is 0 Å². The Morgan fingerprint density at radius 2 is 1.95 bits per heavy atom. The van der Waals surface area contributed by atoms with Crippen LogP contribution < -0.4 is 0 Å². The van der Waals surface area contributed by atoms with Crippen LogP contribution in [0.15, 0.2) is 4.52 Å². The van der Waals surface area contributed by atoms with Gasteiger partial charge >= 0.3 is 0 Å². The Kier molecular flexibility index (Phi) is 3.01. The molecule has 10 heteroatoms. The van der Waals surface area contributed by atoms with Gasteiger partial charge in [-0.05, 0) is 32.3 Å². The predicted octanol–water partition coefficient (Wildman–Crippen LogP) is 2.21. The highest BCUT2D eigenvalue weighted by Gasteiger charge is 2.19. The lowest BCUT2D eigenvalue weighted by Crippen LogP contribution is -1.99. The maximum Gasteiger partial charge on any atom is 0.235 e. The fourth-order valence-electron chi connectivity index (χ4n) is 2.20. The molecule has 0 aliphatic rings. The smallest absolute Gasteiger partial charge is 0.235 e. The molecule has 22 heavy (non-hydrogen) atoms. The quantitative estimate of drug-likeness (QED) is 0.567. The fraction of sp³-hybridized carbons (Fsp3) is 0.333. The summed E-state index contributed by atoms with van der Waals surface area (Å²) in [7, 11) is 0. The van der Waals surface area contributed by atoms with E-state index in [2.05, 4.69) is 30.0 Å². The van der Waals surface area contributed by atoms with Crippen molar-refractivity contribution in [3.05, 3.63) is 28.5 Å². The average Bonchev–Trinajstić information content (AvgIpc) is 3.21. The second-order valence-electron chi connectivity index (χ2n) is 4.88. The topological polar surface area (TPSA) is 94.9 Å². The standard InChI is InChI=1S/C12H11N7OS2/c1-5-8(7(3)20-17-5)4-9-14-15-12-19(9)16-11(21-12)10-6(2)13-18-22-10/h4H2,1-3H3. The maximum absolute atomic E-state index is 5.20. The lowest BCUT2D eigenvalue weighted by molar-refractivity contribution is 0.392. The highest BCUT2D eigenvalue weighted by atomic mass is 32.1. The van der Waals surface area contributed by atoms with E-state index >= 15 is 0 Å². The lowest BCUT2D eigenvalue weighted by Gasteiger charge is -1.96. The Labute approximate surface area is 133 Å². The number of nitrogens with zero attached hydrogens (tertiary/aromatic N) is 7. The van der Waals surface area contributed by atoms with Crippen molar-refractivity contribution in [3.63, 3.8) is 0 Å². The Hall–Kier alpha value is -2.20. The van der Waals surface area contributed by atoms with Crippen LogP contribution in [0.1, 0.15) is 28.5 Å². The van der Waals surface area contributed by atoms with Crippen molar-refractivity contribution in [3.8, 4) is 9.88 Å². The molecule has 0 bridgehead atoms. The molecular weight excluding hydrogens is 322 g/mol. The molecule has 8 nitrogen and oxygen atoms in total. The third kappa shape index (κ3) is 2.03. The lowest BCUT2D eigenvalue weighted by atomic mass is 10.1. The molecule has 4 aromatic heterocycles. The number of rotatable bonds is 3. The SMILES string of the molecule is Cc1nnsc1-c1nn2c(Cc3c(C)noc3C)nnc2s1. The first-order valence-electron chi connectivity index (χ1n) is 6.55. The molecule has 0 spiro atoms. The van der Waals surface area contributed by atoms with Crippen LogP contribution in [0.2, 0.25) is 0 Å². The molecular formula is C12H11N7OS2. The summed E-state index contributed by atoms with van der Waals surface area (Å²) < 4.78 is 10.9. The number of hydrogen-bond donors (Lipinski definition) is 0. The van der Waals surface area contributed by atoms with Gasteiger partial charge in [-0.15, -0.1) is 15.3 Å². The highest BCUT2D eigenvalue weighted by Crippen LogP contribution is 2.30. The van der Waals surface area contributed by atoms with Gasteiger partial charge in [0.15, 0.2) is 10.8 Å². The molecule has 0 saturated carbocycles. The zero-order chi connectivity index (χ0) is 15.3. The van der Waals surface area contributed by atoms with E-state index in [-0.39, 0.29) is 0 Å². The molecule has 0 saturated heterocycles. The molecule has 0 aliphatic carbocycles. The summed E-state index contributed by atoms with van der Waals surface area (Å²) in [6, 6.07) is 0. The van der Waals surface area contributed by atoms with E-state index in [0.717, 1.165) is 43.4 Å². The van der Waals surface area contributed by atoms with Crippen molar-refractivity contribution in [2.75, 3.05) is 0 Å². The molecule has 0 unspecified atom stereocenters. The van der Waals surface area contributed by atoms with E-state index in [1.54, 1.807) is 4.52 Å². The second kappa shape index (κ2) is 4.92. The van der Waals surface area contributed by atoms with E-state index in [1.807, 2.05) is 20.8 Å². The fourth-order valence-corrected chi connectivity index (χ4v) is 3.82. The molecule has 0 aliphatic heterocycles. The van der Waals surface area contributed by atoms with Crippen molar-refractivity contribution in [2.24, 2.45) is 0 Å². The van der Waals surface area contributed by atoms with Gasteiger partial charge in [0.05, 0.1) is 11.4 Å². The Balaban J connectivity index is 1.77. The van der Waals surface area contributed by atoms with Crippen molar-refractivity contribution in [2.45, 2.75) is 27.2 Å². The summed E-state index contributed by atoms with van der Waals surface area (Å²) in [6.45, 7) is 5.74. The number of aryl methyl sites for hydroxylation is 3. The molecule has 4 rings (SSSR count). The van der Waals surface area contributed by atoms with Gasteiger partial charge in [-0.1, -0.05) is 21.0 Å². The minimum Gasteiger partial charge on any atom is -0.361 e. The largest absolute Gasteiger partial charge is 0.361 e. The van der Waals surface area contributed by atoms with Gasteiger partial charge in [0.25, 0.3) is 0 Å². The van der Waals surface area contributed by atoms with Crippen molar-refractivity contribution in [1.29, 1.82) is 0 Å². The summed E-state index contributed by atoms with van der Waals surface area (Å²) in [5.41, 5.74) is 2.77. The van der Waals surface area contributed by atoms with E-state index in [0.29, 0.717) is 6.42 Å². The van der Waals surface area contributed by atoms with Crippen LogP contribution in [-0.2, 0) is 6.42 Å². The Bertz CT molecular complexity index is 944. The Morgan fingerprint density at radius 3 is 2.64 bits per heavy atom.